The van der Waals surface area contributed by atoms with Crippen molar-refractivity contribution in [1.29, 1.82) is 0 Å². The molecule has 0 aromatic carbocycles. The molecule has 0 spiro atoms. The van der Waals surface area contributed by atoms with Gasteiger partial charge in [0.15, 0.2) is 6.29 Å². The first kappa shape index (κ1) is 17.6. The van der Waals surface area contributed by atoms with Gasteiger partial charge in [-0.2, -0.15) is 0 Å². The SMILES string of the molecule is CC#Cc1ccc(NC(=O)N2CCCc3cc(CO)c(C=O)nc32)nc1. The lowest BCUT2D eigenvalue weighted by molar-refractivity contribution is 0.111. The summed E-state index contributed by atoms with van der Waals surface area (Å²) in [6.07, 6.45) is 3.69. The fourth-order valence-electron chi connectivity index (χ4n) is 2.85. The second-order valence-electron chi connectivity index (χ2n) is 5.78. The van der Waals surface area contributed by atoms with Crippen LogP contribution in [0.4, 0.5) is 16.4 Å². The molecule has 1 aliphatic heterocycles. The minimum Gasteiger partial charge on any atom is -0.392 e. The number of pyridine rings is 2. The second kappa shape index (κ2) is 7.76. The van der Waals surface area contributed by atoms with E-state index in [1.807, 2.05) is 0 Å². The van der Waals surface area contributed by atoms with Gasteiger partial charge in [-0.3, -0.25) is 15.0 Å². The quantitative estimate of drug-likeness (QED) is 0.653. The third kappa shape index (κ3) is 3.55. The molecule has 0 saturated carbocycles. The first-order valence-corrected chi connectivity index (χ1v) is 8.22. The van der Waals surface area contributed by atoms with Gasteiger partial charge in [0.25, 0.3) is 0 Å². The summed E-state index contributed by atoms with van der Waals surface area (Å²) in [5.41, 5.74) is 2.21. The van der Waals surface area contributed by atoms with Crippen LogP contribution >= 0.6 is 0 Å². The lowest BCUT2D eigenvalue weighted by Gasteiger charge is -2.29. The van der Waals surface area contributed by atoms with Crippen molar-refractivity contribution in [2.24, 2.45) is 0 Å². The van der Waals surface area contributed by atoms with Gasteiger partial charge in [0.1, 0.15) is 17.3 Å². The Morgan fingerprint density at radius 2 is 2.31 bits per heavy atom. The van der Waals surface area contributed by atoms with Gasteiger partial charge in [-0.25, -0.2) is 14.8 Å². The summed E-state index contributed by atoms with van der Waals surface area (Å²) in [5, 5.41) is 12.1. The van der Waals surface area contributed by atoms with Crippen LogP contribution in [0.2, 0.25) is 0 Å². The zero-order valence-electron chi connectivity index (χ0n) is 14.3. The highest BCUT2D eigenvalue weighted by Gasteiger charge is 2.26. The molecule has 0 atom stereocenters. The van der Waals surface area contributed by atoms with E-state index in [1.165, 1.54) is 4.90 Å². The number of fused-ring (bicyclic) bond motifs is 1. The predicted molar refractivity (Wildman–Crippen MR) is 97.0 cm³/mol. The highest BCUT2D eigenvalue weighted by molar-refractivity contribution is 6.01. The lowest BCUT2D eigenvalue weighted by Crippen LogP contribution is -2.39. The third-order valence-corrected chi connectivity index (χ3v) is 4.07. The average molecular weight is 350 g/mol. The van der Waals surface area contributed by atoms with E-state index < -0.39 is 0 Å². The fourth-order valence-corrected chi connectivity index (χ4v) is 2.85. The summed E-state index contributed by atoms with van der Waals surface area (Å²) in [6.45, 7) is 1.96. The first-order chi connectivity index (χ1) is 12.7. The zero-order valence-corrected chi connectivity index (χ0v) is 14.3. The molecule has 2 amide bonds. The molecule has 0 unspecified atom stereocenters. The number of rotatable bonds is 3. The number of aldehydes is 1. The standard InChI is InChI=1S/C19H18N4O3/c1-2-4-13-6-7-17(20-10-13)22-19(26)23-8-3-5-14-9-15(11-24)16(12-25)21-18(14)23/h6-7,9-10,12,24H,3,5,8,11H2,1H3,(H,20,22,26). The molecule has 0 bridgehead atoms. The maximum absolute atomic E-state index is 12.7. The summed E-state index contributed by atoms with van der Waals surface area (Å²) in [6, 6.07) is 4.83. The largest absolute Gasteiger partial charge is 0.392 e. The Balaban J connectivity index is 1.84. The normalized spacial score (nSPS) is 12.6. The van der Waals surface area contributed by atoms with E-state index in [2.05, 4.69) is 27.1 Å². The smallest absolute Gasteiger partial charge is 0.328 e. The molecule has 3 heterocycles. The second-order valence-corrected chi connectivity index (χ2v) is 5.78. The van der Waals surface area contributed by atoms with Crippen LogP contribution in [0.15, 0.2) is 24.4 Å². The number of amides is 2. The Bertz CT molecular complexity index is 897. The van der Waals surface area contributed by atoms with Gasteiger partial charge in [-0.1, -0.05) is 5.92 Å². The van der Waals surface area contributed by atoms with Crippen molar-refractivity contribution in [2.45, 2.75) is 26.4 Å². The molecule has 0 fully saturated rings. The van der Waals surface area contributed by atoms with E-state index in [1.54, 1.807) is 31.3 Å². The molecular formula is C19H18N4O3. The summed E-state index contributed by atoms with van der Waals surface area (Å²) in [4.78, 5) is 33.8. The van der Waals surface area contributed by atoms with Crippen LogP contribution in [-0.4, -0.2) is 33.9 Å². The van der Waals surface area contributed by atoms with Crippen molar-refractivity contribution in [1.82, 2.24) is 9.97 Å². The number of hydrogen-bond donors (Lipinski definition) is 2. The van der Waals surface area contributed by atoms with Gasteiger partial charge >= 0.3 is 6.03 Å². The van der Waals surface area contributed by atoms with Crippen LogP contribution in [0.5, 0.6) is 0 Å². The summed E-state index contributed by atoms with van der Waals surface area (Å²) in [5.74, 6) is 6.53. The molecule has 0 radical (unpaired) electrons. The van der Waals surface area contributed by atoms with Crippen molar-refractivity contribution < 1.29 is 14.7 Å². The molecule has 7 nitrogen and oxygen atoms in total. The van der Waals surface area contributed by atoms with Crippen LogP contribution in [0.25, 0.3) is 0 Å². The number of carbonyl (C=O) groups excluding carboxylic acids is 2. The molecule has 2 aromatic rings. The van der Waals surface area contributed by atoms with Gasteiger partial charge < -0.3 is 5.11 Å². The predicted octanol–water partition coefficient (Wildman–Crippen LogP) is 2.14. The van der Waals surface area contributed by atoms with E-state index in [9.17, 15) is 14.7 Å². The van der Waals surface area contributed by atoms with Crippen LogP contribution in [0.3, 0.4) is 0 Å². The number of aromatic nitrogens is 2. The Labute approximate surface area is 151 Å². The average Bonchev–Trinajstić information content (AvgIpc) is 2.68. The molecule has 132 valence electrons. The highest BCUT2D eigenvalue weighted by Crippen LogP contribution is 2.27. The lowest BCUT2D eigenvalue weighted by atomic mass is 10.0. The van der Waals surface area contributed by atoms with E-state index in [0.717, 1.165) is 24.0 Å². The molecule has 2 N–H and O–H groups in total. The van der Waals surface area contributed by atoms with Gasteiger partial charge in [0.05, 0.1) is 6.61 Å². The van der Waals surface area contributed by atoms with Crippen LogP contribution < -0.4 is 10.2 Å². The molecule has 26 heavy (non-hydrogen) atoms. The Hall–Kier alpha value is -3.24. The molecule has 0 saturated heterocycles. The Kier molecular flexibility index (Phi) is 5.25. The van der Waals surface area contributed by atoms with Gasteiger partial charge in [0, 0.05) is 23.9 Å². The third-order valence-electron chi connectivity index (χ3n) is 4.07. The Morgan fingerprint density at radius 3 is 2.96 bits per heavy atom. The minimum absolute atomic E-state index is 0.145. The van der Waals surface area contributed by atoms with Crippen molar-refractivity contribution in [3.63, 3.8) is 0 Å². The van der Waals surface area contributed by atoms with Crippen LogP contribution in [0.1, 0.15) is 40.5 Å². The number of carbonyl (C=O) groups is 2. The van der Waals surface area contributed by atoms with E-state index in [-0.39, 0.29) is 18.3 Å². The number of anilines is 2. The highest BCUT2D eigenvalue weighted by atomic mass is 16.3. The van der Waals surface area contributed by atoms with Crippen LogP contribution in [-0.2, 0) is 13.0 Å². The summed E-state index contributed by atoms with van der Waals surface area (Å²) >= 11 is 0. The number of urea groups is 1. The monoisotopic (exact) mass is 350 g/mol. The number of aliphatic hydroxyl groups is 1. The molecule has 1 aliphatic rings. The van der Waals surface area contributed by atoms with Gasteiger partial charge in [-0.05, 0) is 43.5 Å². The topological polar surface area (TPSA) is 95.4 Å². The molecule has 3 rings (SSSR count). The fraction of sp³-hybridized carbons (Fsp3) is 0.263. The zero-order chi connectivity index (χ0) is 18.5. The molecular weight excluding hydrogens is 332 g/mol. The van der Waals surface area contributed by atoms with Crippen molar-refractivity contribution in [3.05, 3.63) is 46.8 Å². The molecule has 2 aromatic heterocycles. The number of nitrogens with zero attached hydrogens (tertiary/aromatic N) is 3. The summed E-state index contributed by atoms with van der Waals surface area (Å²) in [7, 11) is 0. The minimum atomic E-state index is -0.367. The van der Waals surface area contributed by atoms with E-state index >= 15 is 0 Å². The van der Waals surface area contributed by atoms with Crippen molar-refractivity contribution in [2.75, 3.05) is 16.8 Å². The molecule has 0 aliphatic carbocycles. The first-order valence-electron chi connectivity index (χ1n) is 8.22. The maximum atomic E-state index is 12.7. The number of hydrogen-bond acceptors (Lipinski definition) is 5. The van der Waals surface area contributed by atoms with Crippen molar-refractivity contribution >= 4 is 24.0 Å². The van der Waals surface area contributed by atoms with E-state index in [0.29, 0.717) is 30.0 Å². The van der Waals surface area contributed by atoms with Gasteiger partial charge in [0.2, 0.25) is 0 Å². The van der Waals surface area contributed by atoms with Crippen LogP contribution in [0, 0.1) is 11.8 Å². The number of nitrogens with one attached hydrogen (secondary N) is 1. The van der Waals surface area contributed by atoms with E-state index in [4.69, 9.17) is 0 Å². The maximum Gasteiger partial charge on any atom is 0.328 e. The van der Waals surface area contributed by atoms with Gasteiger partial charge in [-0.15, -0.1) is 5.92 Å². The van der Waals surface area contributed by atoms with Crippen molar-refractivity contribution in [3.8, 4) is 11.8 Å². The number of aliphatic hydroxyl groups excluding tert-OH is 1. The molecule has 7 heteroatoms. The summed E-state index contributed by atoms with van der Waals surface area (Å²) < 4.78 is 0. The Morgan fingerprint density at radius 1 is 1.46 bits per heavy atom. The number of aryl methyl sites for hydroxylation is 1.